The molecule has 0 radical (unpaired) electrons. The van der Waals surface area contributed by atoms with Gasteiger partial charge in [0, 0.05) is 7.05 Å². The molecule has 0 aliphatic carbocycles. The monoisotopic (exact) mass is 234 g/mol. The fourth-order valence-corrected chi connectivity index (χ4v) is 1.97. The summed E-state index contributed by atoms with van der Waals surface area (Å²) in [5, 5.41) is 9.99. The molecule has 0 atom stereocenters. The molecule has 0 bridgehead atoms. The summed E-state index contributed by atoms with van der Waals surface area (Å²) in [6.45, 7) is 5.78. The van der Waals surface area contributed by atoms with Crippen LogP contribution in [0.15, 0.2) is 12.1 Å². The lowest BCUT2D eigenvalue weighted by molar-refractivity contribution is 0.251. The number of nitrogens with zero attached hydrogens (tertiary/aromatic N) is 1. The zero-order chi connectivity index (χ0) is 13.2. The molecule has 0 saturated carbocycles. The standard InChI is InChI=1S/C12H18N4O/c1-7-5-8(2)10(9(3)6-7)16(11(13)14)12(17)15-4/h5-6H,1-4H3,(H3,13,14)(H,15,17). The van der Waals surface area contributed by atoms with Crippen LogP contribution in [0.2, 0.25) is 0 Å². The number of benzene rings is 1. The maximum atomic E-state index is 11.7. The number of rotatable bonds is 1. The van der Waals surface area contributed by atoms with E-state index in [9.17, 15) is 4.79 Å². The molecule has 17 heavy (non-hydrogen) atoms. The van der Waals surface area contributed by atoms with Gasteiger partial charge < -0.3 is 11.1 Å². The smallest absolute Gasteiger partial charge is 0.328 e. The highest BCUT2D eigenvalue weighted by molar-refractivity contribution is 6.14. The number of urea groups is 1. The van der Waals surface area contributed by atoms with Gasteiger partial charge in [-0.3, -0.25) is 5.41 Å². The SMILES string of the molecule is CNC(=O)N(C(=N)N)c1c(C)cc(C)cc1C. The van der Waals surface area contributed by atoms with Crippen LogP contribution >= 0.6 is 0 Å². The van der Waals surface area contributed by atoms with Crippen molar-refractivity contribution in [2.75, 3.05) is 11.9 Å². The van der Waals surface area contributed by atoms with Crippen molar-refractivity contribution in [3.05, 3.63) is 28.8 Å². The fraction of sp³-hybridized carbons (Fsp3) is 0.333. The fourth-order valence-electron chi connectivity index (χ4n) is 1.97. The minimum absolute atomic E-state index is 0.292. The molecule has 0 unspecified atom stereocenters. The number of anilines is 1. The number of nitrogens with one attached hydrogen (secondary N) is 2. The Hall–Kier alpha value is -2.04. The van der Waals surface area contributed by atoms with E-state index in [0.29, 0.717) is 5.69 Å². The summed E-state index contributed by atoms with van der Waals surface area (Å²) in [6.07, 6.45) is 0. The first kappa shape index (κ1) is 13.0. The molecule has 5 heteroatoms. The zero-order valence-electron chi connectivity index (χ0n) is 10.6. The number of carbonyl (C=O) groups is 1. The first-order valence-corrected chi connectivity index (χ1v) is 5.32. The quantitative estimate of drug-likeness (QED) is 0.510. The van der Waals surface area contributed by atoms with E-state index in [2.05, 4.69) is 5.32 Å². The number of carbonyl (C=O) groups excluding carboxylic acids is 1. The van der Waals surface area contributed by atoms with Crippen LogP contribution in [0.1, 0.15) is 16.7 Å². The van der Waals surface area contributed by atoms with Crippen LogP contribution in [0.5, 0.6) is 0 Å². The highest BCUT2D eigenvalue weighted by Crippen LogP contribution is 2.26. The van der Waals surface area contributed by atoms with E-state index < -0.39 is 6.03 Å². The minimum Gasteiger partial charge on any atom is -0.369 e. The third-order valence-electron chi connectivity index (χ3n) is 2.52. The van der Waals surface area contributed by atoms with E-state index in [0.717, 1.165) is 16.7 Å². The van der Waals surface area contributed by atoms with Crippen LogP contribution in [-0.4, -0.2) is 19.0 Å². The average Bonchev–Trinajstić information content (AvgIpc) is 2.21. The maximum Gasteiger partial charge on any atom is 0.328 e. The van der Waals surface area contributed by atoms with Gasteiger partial charge in [0.15, 0.2) is 0 Å². The van der Waals surface area contributed by atoms with Crippen LogP contribution in [0.4, 0.5) is 10.5 Å². The van der Waals surface area contributed by atoms with Crippen molar-refractivity contribution in [1.29, 1.82) is 5.41 Å². The van der Waals surface area contributed by atoms with Crippen molar-refractivity contribution in [1.82, 2.24) is 5.32 Å². The summed E-state index contributed by atoms with van der Waals surface area (Å²) < 4.78 is 0. The van der Waals surface area contributed by atoms with Crippen molar-refractivity contribution in [2.24, 2.45) is 5.73 Å². The molecule has 2 amide bonds. The molecule has 92 valence electrons. The number of hydrogen-bond acceptors (Lipinski definition) is 2. The number of nitrogens with two attached hydrogens (primary N) is 1. The normalized spacial score (nSPS) is 9.88. The second kappa shape index (κ2) is 4.86. The Morgan fingerprint density at radius 3 is 2.12 bits per heavy atom. The molecule has 4 N–H and O–H groups in total. The van der Waals surface area contributed by atoms with E-state index >= 15 is 0 Å². The third kappa shape index (κ3) is 2.55. The first-order valence-electron chi connectivity index (χ1n) is 5.32. The van der Waals surface area contributed by atoms with Crippen LogP contribution in [-0.2, 0) is 0 Å². The first-order chi connectivity index (χ1) is 7.88. The highest BCUT2D eigenvalue weighted by Gasteiger charge is 2.21. The van der Waals surface area contributed by atoms with Gasteiger partial charge in [-0.15, -0.1) is 0 Å². The lowest BCUT2D eigenvalue weighted by atomic mass is 10.0. The Morgan fingerprint density at radius 2 is 1.76 bits per heavy atom. The van der Waals surface area contributed by atoms with Gasteiger partial charge in [0.25, 0.3) is 0 Å². The van der Waals surface area contributed by atoms with Crippen molar-refractivity contribution < 1.29 is 4.79 Å². The van der Waals surface area contributed by atoms with Gasteiger partial charge >= 0.3 is 6.03 Å². The van der Waals surface area contributed by atoms with Gasteiger partial charge in [-0.25, -0.2) is 9.69 Å². The molecular weight excluding hydrogens is 216 g/mol. The molecular formula is C12H18N4O. The largest absolute Gasteiger partial charge is 0.369 e. The summed E-state index contributed by atoms with van der Waals surface area (Å²) in [4.78, 5) is 12.9. The number of hydrogen-bond donors (Lipinski definition) is 3. The van der Waals surface area contributed by atoms with Crippen molar-refractivity contribution in [3.8, 4) is 0 Å². The summed E-state index contributed by atoms with van der Waals surface area (Å²) in [7, 11) is 1.51. The van der Waals surface area contributed by atoms with Crippen molar-refractivity contribution >= 4 is 17.7 Å². The Kier molecular flexibility index (Phi) is 3.73. The number of guanidine groups is 1. The Balaban J connectivity index is 3.38. The summed E-state index contributed by atoms with van der Waals surface area (Å²) >= 11 is 0. The second-order valence-corrected chi connectivity index (χ2v) is 4.02. The van der Waals surface area contributed by atoms with Crippen molar-refractivity contribution in [3.63, 3.8) is 0 Å². The molecule has 0 aromatic heterocycles. The summed E-state index contributed by atoms with van der Waals surface area (Å²) in [5.41, 5.74) is 9.09. The molecule has 1 aromatic rings. The Morgan fingerprint density at radius 1 is 1.29 bits per heavy atom. The van der Waals surface area contributed by atoms with E-state index in [1.54, 1.807) is 0 Å². The minimum atomic E-state index is -0.410. The van der Waals surface area contributed by atoms with Crippen LogP contribution < -0.4 is 16.0 Å². The molecule has 1 rings (SSSR count). The molecule has 5 nitrogen and oxygen atoms in total. The maximum absolute atomic E-state index is 11.7. The number of amides is 2. The van der Waals surface area contributed by atoms with Crippen LogP contribution in [0.3, 0.4) is 0 Å². The predicted octanol–water partition coefficient (Wildman–Crippen LogP) is 1.65. The van der Waals surface area contributed by atoms with E-state index in [-0.39, 0.29) is 5.96 Å². The van der Waals surface area contributed by atoms with E-state index in [1.807, 2.05) is 32.9 Å². The van der Waals surface area contributed by atoms with Gasteiger partial charge in [-0.1, -0.05) is 17.7 Å². The van der Waals surface area contributed by atoms with Crippen molar-refractivity contribution in [2.45, 2.75) is 20.8 Å². The van der Waals surface area contributed by atoms with Gasteiger partial charge in [0.2, 0.25) is 5.96 Å². The van der Waals surface area contributed by atoms with Gasteiger partial charge in [0.05, 0.1) is 5.69 Å². The third-order valence-corrected chi connectivity index (χ3v) is 2.52. The lowest BCUT2D eigenvalue weighted by Crippen LogP contribution is -2.46. The van der Waals surface area contributed by atoms with E-state index in [4.69, 9.17) is 11.1 Å². The average molecular weight is 234 g/mol. The van der Waals surface area contributed by atoms with Gasteiger partial charge in [-0.05, 0) is 31.9 Å². The van der Waals surface area contributed by atoms with Crippen LogP contribution in [0, 0.1) is 26.2 Å². The molecule has 0 fully saturated rings. The molecule has 0 saturated heterocycles. The van der Waals surface area contributed by atoms with Crippen LogP contribution in [0.25, 0.3) is 0 Å². The molecule has 1 aromatic carbocycles. The lowest BCUT2D eigenvalue weighted by Gasteiger charge is -2.24. The molecule has 0 aliphatic heterocycles. The summed E-state index contributed by atoms with van der Waals surface area (Å²) in [6, 6.07) is 3.51. The molecule has 0 aliphatic rings. The highest BCUT2D eigenvalue weighted by atomic mass is 16.2. The van der Waals surface area contributed by atoms with Gasteiger partial charge in [-0.2, -0.15) is 0 Å². The van der Waals surface area contributed by atoms with E-state index in [1.165, 1.54) is 11.9 Å². The van der Waals surface area contributed by atoms with Gasteiger partial charge in [0.1, 0.15) is 0 Å². The molecule has 0 spiro atoms. The second-order valence-electron chi connectivity index (χ2n) is 4.02. The Labute approximate surface area is 101 Å². The molecule has 0 heterocycles. The zero-order valence-corrected chi connectivity index (χ0v) is 10.6. The summed E-state index contributed by atoms with van der Waals surface area (Å²) in [5.74, 6) is -0.292. The topological polar surface area (TPSA) is 82.2 Å². The Bertz CT molecular complexity index is 445. The number of aryl methyl sites for hydroxylation is 3. The predicted molar refractivity (Wildman–Crippen MR) is 69.5 cm³/mol.